The van der Waals surface area contributed by atoms with Crippen LogP contribution in [-0.4, -0.2) is 51.2 Å². The first-order valence-corrected chi connectivity index (χ1v) is 10.3. The molecule has 1 aromatic carbocycles. The molecule has 1 unspecified atom stereocenters. The van der Waals surface area contributed by atoms with Crippen molar-refractivity contribution < 1.29 is 9.59 Å². The quantitative estimate of drug-likeness (QED) is 0.486. The average Bonchev–Trinajstić information content (AvgIpc) is 3.33. The van der Waals surface area contributed by atoms with Crippen molar-refractivity contribution in [3.63, 3.8) is 0 Å². The molecule has 1 aliphatic heterocycles. The van der Waals surface area contributed by atoms with E-state index < -0.39 is 5.41 Å². The molecule has 1 fully saturated rings. The zero-order chi connectivity index (χ0) is 21.3. The highest BCUT2D eigenvalue weighted by molar-refractivity contribution is 6.08. The standard InChI is InChI=1S/C23H27N5O2/c1-23(2,3)21(30)18-10-24-22-20(18)27-19(11-25-22)16-6-4-5-15(9-16)12-28-8-7-17(13-28)26-14-29/h4-6,9-11,14,17H,7-8,12-13H2,1-3H3,(H,24,25)(H,26,29). The third-order valence-corrected chi connectivity index (χ3v) is 5.51. The summed E-state index contributed by atoms with van der Waals surface area (Å²) in [4.78, 5) is 38.1. The van der Waals surface area contributed by atoms with E-state index in [1.165, 1.54) is 5.56 Å². The summed E-state index contributed by atoms with van der Waals surface area (Å²) in [5, 5.41) is 2.87. The molecule has 0 spiro atoms. The monoisotopic (exact) mass is 405 g/mol. The summed E-state index contributed by atoms with van der Waals surface area (Å²) in [6.45, 7) is 8.35. The van der Waals surface area contributed by atoms with Gasteiger partial charge in [-0.1, -0.05) is 39.0 Å². The van der Waals surface area contributed by atoms with Crippen molar-refractivity contribution in [2.24, 2.45) is 5.41 Å². The number of hydrogen-bond acceptors (Lipinski definition) is 5. The molecular weight excluding hydrogens is 378 g/mol. The summed E-state index contributed by atoms with van der Waals surface area (Å²) in [5.74, 6) is 0.0430. The lowest BCUT2D eigenvalue weighted by atomic mass is 9.87. The molecule has 2 aromatic heterocycles. The number of likely N-dealkylation sites (tertiary alicyclic amines) is 1. The number of benzene rings is 1. The van der Waals surface area contributed by atoms with Crippen molar-refractivity contribution in [2.45, 2.75) is 39.8 Å². The van der Waals surface area contributed by atoms with E-state index in [2.05, 4.69) is 32.3 Å². The fraction of sp³-hybridized carbons (Fsp3) is 0.391. The van der Waals surface area contributed by atoms with E-state index in [0.29, 0.717) is 16.7 Å². The van der Waals surface area contributed by atoms with Crippen LogP contribution in [0.2, 0.25) is 0 Å². The predicted octanol–water partition coefficient (Wildman–Crippen LogP) is 3.17. The molecule has 156 valence electrons. The van der Waals surface area contributed by atoms with Gasteiger partial charge in [-0.25, -0.2) is 9.97 Å². The van der Waals surface area contributed by atoms with Crippen molar-refractivity contribution in [1.29, 1.82) is 0 Å². The molecule has 7 nitrogen and oxygen atoms in total. The highest BCUT2D eigenvalue weighted by atomic mass is 16.1. The van der Waals surface area contributed by atoms with E-state index >= 15 is 0 Å². The Morgan fingerprint density at radius 1 is 1.37 bits per heavy atom. The third kappa shape index (κ3) is 4.11. The Balaban J connectivity index is 1.59. The van der Waals surface area contributed by atoms with E-state index in [4.69, 9.17) is 4.98 Å². The van der Waals surface area contributed by atoms with E-state index in [0.717, 1.165) is 43.7 Å². The number of nitrogens with zero attached hydrogens (tertiary/aromatic N) is 3. The normalized spacial score (nSPS) is 17.4. The highest BCUT2D eigenvalue weighted by Gasteiger charge is 2.26. The Hall–Kier alpha value is -3.06. The summed E-state index contributed by atoms with van der Waals surface area (Å²) < 4.78 is 0. The predicted molar refractivity (Wildman–Crippen MR) is 116 cm³/mol. The number of fused-ring (bicyclic) bond motifs is 1. The summed E-state index contributed by atoms with van der Waals surface area (Å²) >= 11 is 0. The SMILES string of the molecule is CC(C)(C)C(=O)c1c[nH]c2ncc(-c3cccc(CN4CCC(NC=O)C4)c3)nc12. The van der Waals surface area contributed by atoms with Crippen LogP contribution in [0.1, 0.15) is 43.1 Å². The van der Waals surface area contributed by atoms with Crippen molar-refractivity contribution in [2.75, 3.05) is 13.1 Å². The van der Waals surface area contributed by atoms with Crippen molar-refractivity contribution >= 4 is 23.4 Å². The number of Topliss-reactive ketones (excluding diaryl/α,β-unsaturated/α-hetero) is 1. The second kappa shape index (κ2) is 7.99. The minimum atomic E-state index is -0.487. The molecule has 30 heavy (non-hydrogen) atoms. The first-order chi connectivity index (χ1) is 14.3. The maximum Gasteiger partial charge on any atom is 0.207 e. The van der Waals surface area contributed by atoms with Crippen LogP contribution >= 0.6 is 0 Å². The van der Waals surface area contributed by atoms with Gasteiger partial charge in [-0.15, -0.1) is 0 Å². The van der Waals surface area contributed by atoms with Gasteiger partial charge < -0.3 is 10.3 Å². The van der Waals surface area contributed by atoms with Crippen LogP contribution < -0.4 is 5.32 Å². The largest absolute Gasteiger partial charge is 0.355 e. The van der Waals surface area contributed by atoms with Gasteiger partial charge in [-0.3, -0.25) is 14.5 Å². The van der Waals surface area contributed by atoms with Gasteiger partial charge in [-0.05, 0) is 18.1 Å². The summed E-state index contributed by atoms with van der Waals surface area (Å²) in [6.07, 6.45) is 5.20. The number of H-pyrrole nitrogens is 1. The summed E-state index contributed by atoms with van der Waals surface area (Å²) in [6, 6.07) is 8.48. The van der Waals surface area contributed by atoms with Gasteiger partial charge in [0.2, 0.25) is 6.41 Å². The van der Waals surface area contributed by atoms with Gasteiger partial charge in [0.1, 0.15) is 5.52 Å². The molecule has 3 aromatic rings. The van der Waals surface area contributed by atoms with E-state index in [-0.39, 0.29) is 11.8 Å². The van der Waals surface area contributed by atoms with Crippen molar-refractivity contribution in [3.8, 4) is 11.3 Å². The van der Waals surface area contributed by atoms with Gasteiger partial charge >= 0.3 is 0 Å². The van der Waals surface area contributed by atoms with Gasteiger partial charge in [0.15, 0.2) is 11.4 Å². The van der Waals surface area contributed by atoms with E-state index in [1.807, 2.05) is 32.9 Å². The molecule has 3 heterocycles. The first-order valence-electron chi connectivity index (χ1n) is 10.3. The maximum absolute atomic E-state index is 12.8. The zero-order valence-electron chi connectivity index (χ0n) is 17.6. The molecule has 0 aliphatic carbocycles. The molecule has 1 amide bonds. The van der Waals surface area contributed by atoms with Crippen molar-refractivity contribution in [3.05, 3.63) is 47.8 Å². The minimum absolute atomic E-state index is 0.0430. The number of rotatable bonds is 6. The molecule has 0 bridgehead atoms. The molecule has 2 N–H and O–H groups in total. The minimum Gasteiger partial charge on any atom is -0.355 e. The van der Waals surface area contributed by atoms with Crippen molar-refractivity contribution in [1.82, 2.24) is 25.2 Å². The Labute approximate surface area is 175 Å². The average molecular weight is 406 g/mol. The smallest absolute Gasteiger partial charge is 0.207 e. The van der Waals surface area contributed by atoms with Crippen LogP contribution in [0, 0.1) is 5.41 Å². The molecule has 1 aliphatic rings. The lowest BCUT2D eigenvalue weighted by Gasteiger charge is -2.16. The molecule has 0 saturated carbocycles. The third-order valence-electron chi connectivity index (χ3n) is 5.51. The van der Waals surface area contributed by atoms with E-state index in [1.54, 1.807) is 12.4 Å². The molecule has 0 radical (unpaired) electrons. The highest BCUT2D eigenvalue weighted by Crippen LogP contribution is 2.27. The first kappa shape index (κ1) is 20.2. The Morgan fingerprint density at radius 2 is 2.20 bits per heavy atom. The van der Waals surface area contributed by atoms with Crippen LogP contribution in [0.25, 0.3) is 22.4 Å². The number of ketones is 1. The number of amides is 1. The molecular formula is C23H27N5O2. The molecule has 1 saturated heterocycles. The second-order valence-corrected chi connectivity index (χ2v) is 8.94. The van der Waals surface area contributed by atoms with Crippen LogP contribution in [0.3, 0.4) is 0 Å². The fourth-order valence-corrected chi connectivity index (χ4v) is 3.90. The van der Waals surface area contributed by atoms with Gasteiger partial charge in [0.25, 0.3) is 0 Å². The molecule has 7 heteroatoms. The summed E-state index contributed by atoms with van der Waals surface area (Å²) in [7, 11) is 0. The number of carbonyl (C=O) groups is 2. The number of nitrogens with one attached hydrogen (secondary N) is 2. The van der Waals surface area contributed by atoms with Gasteiger partial charge in [0.05, 0.1) is 17.5 Å². The number of aromatic amines is 1. The van der Waals surface area contributed by atoms with Crippen LogP contribution in [0.15, 0.2) is 36.7 Å². The van der Waals surface area contributed by atoms with Gasteiger partial charge in [0, 0.05) is 42.9 Å². The van der Waals surface area contributed by atoms with Gasteiger partial charge in [-0.2, -0.15) is 0 Å². The van der Waals surface area contributed by atoms with Crippen LogP contribution in [-0.2, 0) is 11.3 Å². The maximum atomic E-state index is 12.8. The lowest BCUT2D eigenvalue weighted by Crippen LogP contribution is -2.31. The van der Waals surface area contributed by atoms with E-state index in [9.17, 15) is 9.59 Å². The zero-order valence-corrected chi connectivity index (χ0v) is 17.6. The summed E-state index contributed by atoms with van der Waals surface area (Å²) in [5.41, 5.74) is 4.22. The topological polar surface area (TPSA) is 91.0 Å². The van der Waals surface area contributed by atoms with Crippen LogP contribution in [0.4, 0.5) is 0 Å². The fourth-order valence-electron chi connectivity index (χ4n) is 3.90. The Morgan fingerprint density at radius 3 is 2.97 bits per heavy atom. The second-order valence-electron chi connectivity index (χ2n) is 8.94. The van der Waals surface area contributed by atoms with Crippen LogP contribution in [0.5, 0.6) is 0 Å². The molecule has 1 atom stereocenters. The number of carbonyl (C=O) groups excluding carboxylic acids is 2. The Kier molecular flexibility index (Phi) is 5.39. The molecule has 4 rings (SSSR count). The Bertz CT molecular complexity index is 1080. The number of aromatic nitrogens is 3. The number of hydrogen-bond donors (Lipinski definition) is 2. The lowest BCUT2D eigenvalue weighted by molar-refractivity contribution is -0.110.